The zero-order valence-electron chi connectivity index (χ0n) is 17.2. The second-order valence-electron chi connectivity index (χ2n) is 6.64. The molecule has 0 radical (unpaired) electrons. The summed E-state index contributed by atoms with van der Waals surface area (Å²) in [5.74, 6) is 0.562. The number of hydrogen-bond acceptors (Lipinski definition) is 4. The van der Waals surface area contributed by atoms with E-state index in [1.54, 1.807) is 53.4 Å². The fraction of sp³-hybridized carbons (Fsp3) is 0.348. The number of nitrogens with zero attached hydrogens (tertiary/aromatic N) is 1. The summed E-state index contributed by atoms with van der Waals surface area (Å²) in [6.45, 7) is 7.14. The third-order valence-corrected chi connectivity index (χ3v) is 4.54. The SMILES string of the molecule is CCN(CC)C(=O)c1ccc(NC(=O)CCCOc2ccc(C(C)=O)cc2)cc1. The molecular formula is C23H28N2O4. The largest absolute Gasteiger partial charge is 0.494 e. The van der Waals surface area contributed by atoms with E-state index in [-0.39, 0.29) is 17.6 Å². The first-order chi connectivity index (χ1) is 13.9. The molecule has 0 unspecified atom stereocenters. The van der Waals surface area contributed by atoms with Gasteiger partial charge in [-0.15, -0.1) is 0 Å². The normalized spacial score (nSPS) is 10.3. The number of hydrogen-bond donors (Lipinski definition) is 1. The van der Waals surface area contributed by atoms with Crippen LogP contribution < -0.4 is 10.1 Å². The molecule has 2 amide bonds. The van der Waals surface area contributed by atoms with Crippen LogP contribution >= 0.6 is 0 Å². The highest BCUT2D eigenvalue weighted by Crippen LogP contribution is 2.14. The average Bonchev–Trinajstić information content (AvgIpc) is 2.73. The van der Waals surface area contributed by atoms with Crippen LogP contribution in [0.3, 0.4) is 0 Å². The number of anilines is 1. The Hall–Kier alpha value is -3.15. The summed E-state index contributed by atoms with van der Waals surface area (Å²) >= 11 is 0. The molecule has 154 valence electrons. The molecule has 0 fully saturated rings. The van der Waals surface area contributed by atoms with Crippen LogP contribution in [0.15, 0.2) is 48.5 Å². The van der Waals surface area contributed by atoms with Crippen LogP contribution in [-0.2, 0) is 4.79 Å². The van der Waals surface area contributed by atoms with Crippen LogP contribution in [0, 0.1) is 0 Å². The number of rotatable bonds is 10. The van der Waals surface area contributed by atoms with Crippen molar-refractivity contribution in [2.45, 2.75) is 33.6 Å². The first-order valence-corrected chi connectivity index (χ1v) is 9.87. The van der Waals surface area contributed by atoms with E-state index >= 15 is 0 Å². The third-order valence-electron chi connectivity index (χ3n) is 4.54. The molecule has 0 aliphatic carbocycles. The Labute approximate surface area is 171 Å². The van der Waals surface area contributed by atoms with E-state index in [0.717, 1.165) is 0 Å². The summed E-state index contributed by atoms with van der Waals surface area (Å²) in [6.07, 6.45) is 0.893. The smallest absolute Gasteiger partial charge is 0.253 e. The quantitative estimate of drug-likeness (QED) is 0.483. The first kappa shape index (κ1) is 22.1. The predicted molar refractivity (Wildman–Crippen MR) is 113 cm³/mol. The average molecular weight is 396 g/mol. The van der Waals surface area contributed by atoms with Gasteiger partial charge in [0.1, 0.15) is 5.75 Å². The molecule has 0 aliphatic heterocycles. The van der Waals surface area contributed by atoms with Gasteiger partial charge in [0.05, 0.1) is 6.61 Å². The van der Waals surface area contributed by atoms with Crippen molar-refractivity contribution in [1.29, 1.82) is 0 Å². The second-order valence-corrected chi connectivity index (χ2v) is 6.64. The highest BCUT2D eigenvalue weighted by atomic mass is 16.5. The maximum Gasteiger partial charge on any atom is 0.253 e. The van der Waals surface area contributed by atoms with Gasteiger partial charge in [-0.1, -0.05) is 0 Å². The van der Waals surface area contributed by atoms with Crippen molar-refractivity contribution in [3.63, 3.8) is 0 Å². The lowest BCUT2D eigenvalue weighted by Gasteiger charge is -2.18. The van der Waals surface area contributed by atoms with Gasteiger partial charge < -0.3 is 15.0 Å². The molecule has 0 bridgehead atoms. The molecule has 0 heterocycles. The molecule has 2 rings (SSSR count). The van der Waals surface area contributed by atoms with Crippen LogP contribution in [0.4, 0.5) is 5.69 Å². The molecule has 1 N–H and O–H groups in total. The maximum absolute atomic E-state index is 12.3. The Balaban J connectivity index is 1.75. The summed E-state index contributed by atoms with van der Waals surface area (Å²) < 4.78 is 5.59. The van der Waals surface area contributed by atoms with Crippen molar-refractivity contribution in [2.24, 2.45) is 0 Å². The van der Waals surface area contributed by atoms with Gasteiger partial charge in [-0.2, -0.15) is 0 Å². The van der Waals surface area contributed by atoms with Crippen LogP contribution in [-0.4, -0.2) is 42.2 Å². The summed E-state index contributed by atoms with van der Waals surface area (Å²) in [6, 6.07) is 13.9. The third kappa shape index (κ3) is 6.75. The van der Waals surface area contributed by atoms with Crippen molar-refractivity contribution in [3.05, 3.63) is 59.7 Å². The van der Waals surface area contributed by atoms with Gasteiger partial charge in [-0.05, 0) is 75.7 Å². The van der Waals surface area contributed by atoms with E-state index in [2.05, 4.69) is 5.32 Å². The van der Waals surface area contributed by atoms with Crippen molar-refractivity contribution >= 4 is 23.3 Å². The minimum absolute atomic E-state index is 0.0126. The number of benzene rings is 2. The first-order valence-electron chi connectivity index (χ1n) is 9.87. The van der Waals surface area contributed by atoms with Crippen LogP contribution in [0.2, 0.25) is 0 Å². The zero-order valence-corrected chi connectivity index (χ0v) is 17.2. The molecule has 0 spiro atoms. The van der Waals surface area contributed by atoms with Crippen molar-refractivity contribution in [1.82, 2.24) is 4.90 Å². The fourth-order valence-electron chi connectivity index (χ4n) is 2.82. The van der Waals surface area contributed by atoms with E-state index in [0.29, 0.717) is 55.1 Å². The fourth-order valence-corrected chi connectivity index (χ4v) is 2.82. The lowest BCUT2D eigenvalue weighted by molar-refractivity contribution is -0.116. The van der Waals surface area contributed by atoms with Gasteiger partial charge in [0.25, 0.3) is 5.91 Å². The van der Waals surface area contributed by atoms with E-state index in [1.807, 2.05) is 13.8 Å². The van der Waals surface area contributed by atoms with Gasteiger partial charge >= 0.3 is 0 Å². The lowest BCUT2D eigenvalue weighted by atomic mass is 10.1. The molecule has 0 saturated carbocycles. The van der Waals surface area contributed by atoms with Gasteiger partial charge in [-0.25, -0.2) is 0 Å². The summed E-state index contributed by atoms with van der Waals surface area (Å²) in [5.41, 5.74) is 1.91. The minimum Gasteiger partial charge on any atom is -0.494 e. The topological polar surface area (TPSA) is 75.7 Å². The molecule has 0 aromatic heterocycles. The van der Waals surface area contributed by atoms with E-state index < -0.39 is 0 Å². The summed E-state index contributed by atoms with van der Waals surface area (Å²) in [5, 5.41) is 2.83. The van der Waals surface area contributed by atoms with Crippen LogP contribution in [0.1, 0.15) is 54.3 Å². The molecule has 2 aromatic rings. The molecule has 6 heteroatoms. The zero-order chi connectivity index (χ0) is 21.2. The van der Waals surface area contributed by atoms with Crippen LogP contribution in [0.5, 0.6) is 5.75 Å². The molecule has 0 aliphatic rings. The molecule has 29 heavy (non-hydrogen) atoms. The van der Waals surface area contributed by atoms with E-state index in [1.165, 1.54) is 6.92 Å². The Morgan fingerprint density at radius 1 is 0.897 bits per heavy atom. The predicted octanol–water partition coefficient (Wildman–Crippen LogP) is 4.17. The van der Waals surface area contributed by atoms with E-state index in [9.17, 15) is 14.4 Å². The Kier molecular flexibility index (Phi) is 8.40. The van der Waals surface area contributed by atoms with E-state index in [4.69, 9.17) is 4.74 Å². The van der Waals surface area contributed by atoms with Gasteiger partial charge in [-0.3, -0.25) is 14.4 Å². The Morgan fingerprint density at radius 3 is 2.03 bits per heavy atom. The number of carbonyl (C=O) groups excluding carboxylic acids is 3. The summed E-state index contributed by atoms with van der Waals surface area (Å²) in [7, 11) is 0. The summed E-state index contributed by atoms with van der Waals surface area (Å²) in [4.78, 5) is 37.4. The van der Waals surface area contributed by atoms with Crippen molar-refractivity contribution in [3.8, 4) is 5.75 Å². The van der Waals surface area contributed by atoms with Gasteiger partial charge in [0.2, 0.25) is 5.91 Å². The highest BCUT2D eigenvalue weighted by molar-refractivity contribution is 5.96. The molecule has 2 aromatic carbocycles. The number of carbonyl (C=O) groups is 3. The number of ether oxygens (including phenoxy) is 1. The number of amides is 2. The Morgan fingerprint density at radius 2 is 1.48 bits per heavy atom. The molecule has 6 nitrogen and oxygen atoms in total. The number of Topliss-reactive ketones (excluding diaryl/α,β-unsaturated/α-hetero) is 1. The minimum atomic E-state index is -0.108. The van der Waals surface area contributed by atoms with Crippen LogP contribution in [0.25, 0.3) is 0 Å². The molecule has 0 saturated heterocycles. The molecular weight excluding hydrogens is 368 g/mol. The maximum atomic E-state index is 12.3. The number of nitrogens with one attached hydrogen (secondary N) is 1. The monoisotopic (exact) mass is 396 g/mol. The standard InChI is InChI=1S/C23H28N2O4/c1-4-25(5-2)23(28)19-8-12-20(13-9-19)24-22(27)7-6-16-29-21-14-10-18(11-15-21)17(3)26/h8-15H,4-7,16H2,1-3H3,(H,24,27). The molecule has 0 atom stereocenters. The van der Waals surface area contributed by atoms with Gasteiger partial charge in [0, 0.05) is 36.3 Å². The number of ketones is 1. The van der Waals surface area contributed by atoms with Crippen molar-refractivity contribution in [2.75, 3.05) is 25.0 Å². The van der Waals surface area contributed by atoms with Gasteiger partial charge in [0.15, 0.2) is 5.78 Å². The van der Waals surface area contributed by atoms with Crippen molar-refractivity contribution < 1.29 is 19.1 Å². The highest BCUT2D eigenvalue weighted by Gasteiger charge is 2.12. The Bertz CT molecular complexity index is 825. The second kappa shape index (κ2) is 11.0. The lowest BCUT2D eigenvalue weighted by Crippen LogP contribution is -2.30.